The number of ether oxygens (including phenoxy) is 3. The van der Waals surface area contributed by atoms with Crippen LogP contribution in [0, 0.1) is 17.8 Å². The van der Waals surface area contributed by atoms with Gasteiger partial charge >= 0.3 is 0 Å². The summed E-state index contributed by atoms with van der Waals surface area (Å²) in [6.45, 7) is 3.87. The number of fused-ring (bicyclic) bond motifs is 1. The number of methoxy groups -OCH3 is 2. The minimum atomic E-state index is -3.86. The normalized spacial score (nSPS) is 18.7. The summed E-state index contributed by atoms with van der Waals surface area (Å²) in [4.78, 5) is 19.5. The number of amides is 1. The van der Waals surface area contributed by atoms with Crippen molar-refractivity contribution in [2.45, 2.75) is 30.9 Å². The first-order chi connectivity index (χ1) is 17.6. The largest absolute Gasteiger partial charge is 0.497 e. The van der Waals surface area contributed by atoms with E-state index in [1.165, 1.54) is 43.9 Å². The maximum atomic E-state index is 13.5. The molecule has 0 saturated carbocycles. The smallest absolute Gasteiger partial charge is 0.259 e. The Hall–Kier alpha value is -3.17. The van der Waals surface area contributed by atoms with E-state index in [0.717, 1.165) is 0 Å². The number of benzene rings is 1. The molecule has 0 radical (unpaired) electrons. The minimum Gasteiger partial charge on any atom is -0.497 e. The Morgan fingerprint density at radius 2 is 2.08 bits per heavy atom. The third kappa shape index (κ3) is 6.59. The number of carbonyl (C=O) groups excluding carboxylic acids is 1. The SMILES string of the molecule is COCC#Cc1cnc2c(c1)C(=O)N([C@H](C)CO)C[C@H](C)[C@H](CN(C)S(=O)(=O)c1cccc(OC)c1)O2. The number of hydrogen-bond donors (Lipinski definition) is 1. The van der Waals surface area contributed by atoms with Crippen molar-refractivity contribution in [3.63, 3.8) is 0 Å². The highest BCUT2D eigenvalue weighted by Gasteiger charge is 2.36. The van der Waals surface area contributed by atoms with Crippen molar-refractivity contribution < 1.29 is 32.5 Å². The van der Waals surface area contributed by atoms with Crippen LogP contribution < -0.4 is 9.47 Å². The van der Waals surface area contributed by atoms with Crippen molar-refractivity contribution in [2.75, 3.05) is 47.6 Å². The fraction of sp³-hybridized carbons (Fsp3) is 0.462. The van der Waals surface area contributed by atoms with E-state index in [-0.39, 0.29) is 54.5 Å². The highest BCUT2D eigenvalue weighted by atomic mass is 32.2. The van der Waals surface area contributed by atoms with Gasteiger partial charge in [-0.15, -0.1) is 0 Å². The summed E-state index contributed by atoms with van der Waals surface area (Å²) < 4.78 is 44.1. The van der Waals surface area contributed by atoms with Gasteiger partial charge in [0.25, 0.3) is 5.91 Å². The van der Waals surface area contributed by atoms with Gasteiger partial charge in [0, 0.05) is 44.4 Å². The monoisotopic (exact) mass is 531 g/mol. The van der Waals surface area contributed by atoms with Gasteiger partial charge in [-0.2, -0.15) is 4.31 Å². The van der Waals surface area contributed by atoms with Gasteiger partial charge in [0.2, 0.25) is 15.9 Å². The zero-order valence-electron chi connectivity index (χ0n) is 21.7. The van der Waals surface area contributed by atoms with Crippen molar-refractivity contribution in [1.82, 2.24) is 14.2 Å². The number of rotatable bonds is 8. The molecule has 1 amide bonds. The van der Waals surface area contributed by atoms with E-state index in [4.69, 9.17) is 14.2 Å². The summed E-state index contributed by atoms with van der Waals surface area (Å²) in [5.41, 5.74) is 0.701. The highest BCUT2D eigenvalue weighted by molar-refractivity contribution is 7.89. The van der Waals surface area contributed by atoms with Gasteiger partial charge in [-0.25, -0.2) is 13.4 Å². The molecule has 0 unspecified atom stereocenters. The lowest BCUT2D eigenvalue weighted by Gasteiger charge is -2.37. The zero-order chi connectivity index (χ0) is 27.2. The number of sulfonamides is 1. The molecule has 0 fully saturated rings. The van der Waals surface area contributed by atoms with Crippen LogP contribution >= 0.6 is 0 Å². The number of likely N-dealkylation sites (N-methyl/N-ethyl adjacent to an activating group) is 1. The second-order valence-corrected chi connectivity index (χ2v) is 10.9. The summed E-state index contributed by atoms with van der Waals surface area (Å²) in [7, 11) is 0.627. The Kier molecular flexibility index (Phi) is 9.50. The molecule has 1 aromatic heterocycles. The molecule has 1 aromatic carbocycles. The predicted octanol–water partition coefficient (Wildman–Crippen LogP) is 1.63. The molecule has 1 aliphatic rings. The van der Waals surface area contributed by atoms with E-state index in [2.05, 4.69) is 16.8 Å². The van der Waals surface area contributed by atoms with E-state index in [1.807, 2.05) is 6.92 Å². The zero-order valence-corrected chi connectivity index (χ0v) is 22.5. The van der Waals surface area contributed by atoms with E-state index in [9.17, 15) is 18.3 Å². The fourth-order valence-electron chi connectivity index (χ4n) is 3.89. The van der Waals surface area contributed by atoms with Crippen LogP contribution in [0.3, 0.4) is 0 Å². The topological polar surface area (TPSA) is 118 Å². The minimum absolute atomic E-state index is 0.00671. The second kappa shape index (κ2) is 12.4. The first kappa shape index (κ1) is 28.4. The van der Waals surface area contributed by atoms with Crippen LogP contribution in [0.25, 0.3) is 0 Å². The molecule has 2 heterocycles. The van der Waals surface area contributed by atoms with Gasteiger partial charge in [0.05, 0.1) is 31.2 Å². The Labute approximate surface area is 218 Å². The predicted molar refractivity (Wildman–Crippen MR) is 137 cm³/mol. The quantitative estimate of drug-likeness (QED) is 0.511. The number of pyridine rings is 1. The van der Waals surface area contributed by atoms with Crippen LogP contribution in [-0.2, 0) is 14.8 Å². The molecule has 200 valence electrons. The average molecular weight is 532 g/mol. The number of aliphatic hydroxyl groups excluding tert-OH is 1. The van der Waals surface area contributed by atoms with Crippen LogP contribution in [-0.4, -0.2) is 93.3 Å². The highest BCUT2D eigenvalue weighted by Crippen LogP contribution is 2.28. The molecule has 0 saturated heterocycles. The number of nitrogens with zero attached hydrogens (tertiary/aromatic N) is 3. The summed E-state index contributed by atoms with van der Waals surface area (Å²) in [6.07, 6.45) is 0.859. The lowest BCUT2D eigenvalue weighted by molar-refractivity contribution is 0.0373. The van der Waals surface area contributed by atoms with Gasteiger partial charge < -0.3 is 24.2 Å². The molecule has 3 atom stereocenters. The van der Waals surface area contributed by atoms with Crippen molar-refractivity contribution in [2.24, 2.45) is 5.92 Å². The van der Waals surface area contributed by atoms with Crippen molar-refractivity contribution in [1.29, 1.82) is 0 Å². The molecule has 10 nitrogen and oxygen atoms in total. The van der Waals surface area contributed by atoms with Gasteiger partial charge in [0.1, 0.15) is 24.0 Å². The molecule has 0 aliphatic carbocycles. The first-order valence-electron chi connectivity index (χ1n) is 11.8. The van der Waals surface area contributed by atoms with Crippen LogP contribution in [0.15, 0.2) is 41.4 Å². The Balaban J connectivity index is 1.97. The summed E-state index contributed by atoms with van der Waals surface area (Å²) >= 11 is 0. The van der Waals surface area contributed by atoms with Crippen molar-refractivity contribution in [3.8, 4) is 23.5 Å². The number of hydrogen-bond acceptors (Lipinski definition) is 8. The lowest BCUT2D eigenvalue weighted by atomic mass is 10.0. The molecule has 11 heteroatoms. The Bertz CT molecular complexity index is 1270. The number of carbonyl (C=O) groups is 1. The molecule has 37 heavy (non-hydrogen) atoms. The van der Waals surface area contributed by atoms with Crippen molar-refractivity contribution in [3.05, 3.63) is 47.7 Å². The first-order valence-corrected chi connectivity index (χ1v) is 13.2. The maximum Gasteiger partial charge on any atom is 0.259 e. The average Bonchev–Trinajstić information content (AvgIpc) is 2.90. The third-order valence-electron chi connectivity index (χ3n) is 6.16. The van der Waals surface area contributed by atoms with Crippen molar-refractivity contribution >= 4 is 15.9 Å². The maximum absolute atomic E-state index is 13.5. The summed E-state index contributed by atoms with van der Waals surface area (Å²) in [5, 5.41) is 9.81. The van der Waals surface area contributed by atoms with Crippen LogP contribution in [0.1, 0.15) is 29.8 Å². The molecule has 2 aromatic rings. The Morgan fingerprint density at radius 3 is 2.76 bits per heavy atom. The van der Waals surface area contributed by atoms with E-state index < -0.39 is 22.2 Å². The van der Waals surface area contributed by atoms with Gasteiger partial charge in [-0.3, -0.25) is 4.79 Å². The number of aromatic nitrogens is 1. The molecular weight excluding hydrogens is 498 g/mol. The fourth-order valence-corrected chi connectivity index (χ4v) is 5.11. The molecule has 3 rings (SSSR count). The van der Waals surface area contributed by atoms with Gasteiger partial charge in [-0.05, 0) is 25.1 Å². The standard InChI is InChI=1S/C26H33N3O7S/c1-18-15-29(19(2)17-30)26(31)23-12-20(8-7-11-34-4)14-27-25(23)36-24(18)16-28(3)37(32,33)22-10-6-9-21(13-22)35-5/h6,9-10,12-14,18-19,24,30H,11,15-17H2,1-5H3/t18-,19+,24-/m0/s1. The van der Waals surface area contributed by atoms with Crippen LogP contribution in [0.4, 0.5) is 0 Å². The molecular formula is C26H33N3O7S. The van der Waals surface area contributed by atoms with Crippen LogP contribution in [0.5, 0.6) is 11.6 Å². The van der Waals surface area contributed by atoms with Crippen LogP contribution in [0.2, 0.25) is 0 Å². The number of aliphatic hydroxyl groups is 1. The summed E-state index contributed by atoms with van der Waals surface area (Å²) in [5.74, 6) is 5.62. The van der Waals surface area contributed by atoms with E-state index in [0.29, 0.717) is 11.3 Å². The van der Waals surface area contributed by atoms with Gasteiger partial charge in [-0.1, -0.05) is 24.8 Å². The van der Waals surface area contributed by atoms with Gasteiger partial charge in [0.15, 0.2) is 0 Å². The van der Waals surface area contributed by atoms with E-state index >= 15 is 0 Å². The molecule has 0 spiro atoms. The molecule has 0 bridgehead atoms. The Morgan fingerprint density at radius 1 is 1.32 bits per heavy atom. The lowest BCUT2D eigenvalue weighted by Crippen LogP contribution is -2.50. The van der Waals surface area contributed by atoms with E-state index in [1.54, 1.807) is 30.0 Å². The summed E-state index contributed by atoms with van der Waals surface area (Å²) in [6, 6.07) is 7.37. The molecule has 1 N–H and O–H groups in total. The second-order valence-electron chi connectivity index (χ2n) is 8.90. The molecule has 1 aliphatic heterocycles. The third-order valence-corrected chi connectivity index (χ3v) is 7.98.